The van der Waals surface area contributed by atoms with Crippen molar-refractivity contribution in [1.29, 1.82) is 0 Å². The zero-order valence-electron chi connectivity index (χ0n) is 18.9. The van der Waals surface area contributed by atoms with Gasteiger partial charge in [0.1, 0.15) is 0 Å². The fourth-order valence-corrected chi connectivity index (χ4v) is 4.39. The van der Waals surface area contributed by atoms with Gasteiger partial charge in [0, 0.05) is 28.9 Å². The van der Waals surface area contributed by atoms with Crippen LogP contribution in [0.4, 0.5) is 0 Å². The van der Waals surface area contributed by atoms with Gasteiger partial charge < -0.3 is 4.57 Å². The van der Waals surface area contributed by atoms with E-state index in [0.29, 0.717) is 39.5 Å². The molecule has 4 aromatic carbocycles. The second-order valence-electron chi connectivity index (χ2n) is 8.28. The summed E-state index contributed by atoms with van der Waals surface area (Å²) in [6, 6.07) is 35.5. The predicted octanol–water partition coefficient (Wildman–Crippen LogP) is 7.32. The van der Waals surface area contributed by atoms with Crippen LogP contribution in [-0.4, -0.2) is 16.1 Å². The molecule has 1 aromatic heterocycles. The molecule has 4 heteroatoms. The highest BCUT2D eigenvalue weighted by molar-refractivity contribution is 6.30. The van der Waals surface area contributed by atoms with Crippen LogP contribution < -0.4 is 0 Å². The van der Waals surface area contributed by atoms with Gasteiger partial charge in [-0.05, 0) is 23.3 Å². The largest absolute Gasteiger partial charge is 0.342 e. The summed E-state index contributed by atoms with van der Waals surface area (Å²) in [5, 5.41) is 0.603. The Morgan fingerprint density at radius 1 is 0.629 bits per heavy atom. The molecule has 0 saturated heterocycles. The summed E-state index contributed by atoms with van der Waals surface area (Å²) in [5.41, 5.74) is 4.41. The van der Waals surface area contributed by atoms with Crippen LogP contribution in [0, 0.1) is 0 Å². The molecule has 0 amide bonds. The number of ketones is 2. The van der Waals surface area contributed by atoms with Crippen LogP contribution in [0.1, 0.15) is 37.4 Å². The summed E-state index contributed by atoms with van der Waals surface area (Å²) in [5.74, 6) is -0.381. The fourth-order valence-electron chi connectivity index (χ4n) is 4.26. The second-order valence-corrected chi connectivity index (χ2v) is 8.71. The molecule has 0 saturated carbocycles. The van der Waals surface area contributed by atoms with E-state index in [1.807, 2.05) is 89.6 Å². The number of benzene rings is 4. The standard InChI is InChI=1S/C31H22ClNO2/c32-26-18-16-23(17-19-26)29-28(31(35)25-14-8-3-9-15-25)27(30(34)24-12-6-2-7-13-24)21-33(29)20-22-10-4-1-5-11-22/h1-19,21H,20H2. The Hall–Kier alpha value is -4.21. The maximum absolute atomic E-state index is 13.9. The van der Waals surface area contributed by atoms with E-state index in [1.54, 1.807) is 36.4 Å². The van der Waals surface area contributed by atoms with Gasteiger partial charge >= 0.3 is 0 Å². The van der Waals surface area contributed by atoms with Gasteiger partial charge in [-0.25, -0.2) is 0 Å². The van der Waals surface area contributed by atoms with E-state index in [0.717, 1.165) is 11.1 Å². The molecule has 3 nitrogen and oxygen atoms in total. The summed E-state index contributed by atoms with van der Waals surface area (Å²) in [7, 11) is 0. The third kappa shape index (κ3) is 4.72. The monoisotopic (exact) mass is 475 g/mol. The third-order valence-electron chi connectivity index (χ3n) is 5.94. The molecule has 0 aliphatic heterocycles. The predicted molar refractivity (Wildman–Crippen MR) is 140 cm³/mol. The first-order valence-electron chi connectivity index (χ1n) is 11.3. The van der Waals surface area contributed by atoms with Crippen molar-refractivity contribution in [3.05, 3.63) is 154 Å². The van der Waals surface area contributed by atoms with Gasteiger partial charge in [-0.2, -0.15) is 0 Å². The van der Waals surface area contributed by atoms with Crippen LogP contribution in [0.15, 0.2) is 121 Å². The molecule has 0 N–H and O–H groups in total. The van der Waals surface area contributed by atoms with Crippen LogP contribution in [0.2, 0.25) is 5.02 Å². The third-order valence-corrected chi connectivity index (χ3v) is 6.19. The molecule has 0 unspecified atom stereocenters. The minimum atomic E-state index is -0.193. The van der Waals surface area contributed by atoms with Crippen LogP contribution >= 0.6 is 11.6 Å². The summed E-state index contributed by atoms with van der Waals surface area (Å²) >= 11 is 6.17. The number of aromatic nitrogens is 1. The lowest BCUT2D eigenvalue weighted by Crippen LogP contribution is -2.10. The average molecular weight is 476 g/mol. The van der Waals surface area contributed by atoms with Gasteiger partial charge in [0.2, 0.25) is 0 Å². The molecule has 0 bridgehead atoms. The Labute approximate surface area is 209 Å². The lowest BCUT2D eigenvalue weighted by molar-refractivity contribution is 0.100. The van der Waals surface area contributed by atoms with Crippen molar-refractivity contribution in [3.8, 4) is 11.3 Å². The first-order valence-corrected chi connectivity index (χ1v) is 11.7. The van der Waals surface area contributed by atoms with Crippen molar-refractivity contribution in [2.24, 2.45) is 0 Å². The first kappa shape index (κ1) is 22.6. The molecule has 0 aliphatic carbocycles. The topological polar surface area (TPSA) is 39.1 Å². The smallest absolute Gasteiger partial charge is 0.195 e. The quantitative estimate of drug-likeness (QED) is 0.231. The van der Waals surface area contributed by atoms with Crippen LogP contribution in [0.25, 0.3) is 11.3 Å². The Morgan fingerprint density at radius 2 is 1.14 bits per heavy atom. The molecule has 0 radical (unpaired) electrons. The van der Waals surface area contributed by atoms with Gasteiger partial charge in [-0.15, -0.1) is 0 Å². The van der Waals surface area contributed by atoms with Crippen molar-refractivity contribution < 1.29 is 9.59 Å². The second kappa shape index (κ2) is 9.96. The van der Waals surface area contributed by atoms with Gasteiger partial charge in [0.15, 0.2) is 11.6 Å². The van der Waals surface area contributed by atoms with Gasteiger partial charge in [0.05, 0.1) is 16.8 Å². The SMILES string of the molecule is O=C(c1ccccc1)c1cn(Cc2ccccc2)c(-c2ccc(Cl)cc2)c1C(=O)c1ccccc1. The molecule has 0 fully saturated rings. The zero-order chi connectivity index (χ0) is 24.2. The molecule has 1 heterocycles. The van der Waals surface area contributed by atoms with E-state index >= 15 is 0 Å². The summed E-state index contributed by atoms with van der Waals surface area (Å²) in [4.78, 5) is 27.7. The summed E-state index contributed by atoms with van der Waals surface area (Å²) in [6.45, 7) is 0.510. The van der Waals surface area contributed by atoms with Crippen molar-refractivity contribution in [2.75, 3.05) is 0 Å². The molecule has 0 aliphatic rings. The Balaban J connectivity index is 1.77. The van der Waals surface area contributed by atoms with Crippen molar-refractivity contribution in [2.45, 2.75) is 6.54 Å². The number of hydrogen-bond donors (Lipinski definition) is 0. The van der Waals surface area contributed by atoms with Gasteiger partial charge in [0.25, 0.3) is 0 Å². The molecule has 5 rings (SSSR count). The molecule has 0 spiro atoms. The van der Waals surface area contributed by atoms with E-state index in [-0.39, 0.29) is 11.6 Å². The fraction of sp³-hybridized carbons (Fsp3) is 0.0323. The number of nitrogens with zero attached hydrogens (tertiary/aromatic N) is 1. The number of carbonyl (C=O) groups is 2. The highest BCUT2D eigenvalue weighted by Gasteiger charge is 2.28. The summed E-state index contributed by atoms with van der Waals surface area (Å²) in [6.07, 6.45) is 1.81. The highest BCUT2D eigenvalue weighted by atomic mass is 35.5. The lowest BCUT2D eigenvalue weighted by atomic mass is 9.93. The highest BCUT2D eigenvalue weighted by Crippen LogP contribution is 2.33. The summed E-state index contributed by atoms with van der Waals surface area (Å²) < 4.78 is 1.99. The minimum absolute atomic E-state index is 0.188. The molecule has 170 valence electrons. The van der Waals surface area contributed by atoms with E-state index in [9.17, 15) is 9.59 Å². The minimum Gasteiger partial charge on any atom is -0.342 e. The van der Waals surface area contributed by atoms with Crippen molar-refractivity contribution in [3.63, 3.8) is 0 Å². The van der Waals surface area contributed by atoms with Crippen molar-refractivity contribution >= 4 is 23.2 Å². The Kier molecular flexibility index (Phi) is 6.42. The van der Waals surface area contributed by atoms with Crippen LogP contribution in [-0.2, 0) is 6.54 Å². The number of carbonyl (C=O) groups excluding carboxylic acids is 2. The van der Waals surface area contributed by atoms with Crippen LogP contribution in [0.3, 0.4) is 0 Å². The molecule has 35 heavy (non-hydrogen) atoms. The normalized spacial score (nSPS) is 10.8. The average Bonchev–Trinajstić information content (AvgIpc) is 3.28. The van der Waals surface area contributed by atoms with Gasteiger partial charge in [-0.1, -0.05) is 115 Å². The molecule has 5 aromatic rings. The van der Waals surface area contributed by atoms with Gasteiger partial charge in [-0.3, -0.25) is 9.59 Å². The Morgan fingerprint density at radius 3 is 1.71 bits per heavy atom. The van der Waals surface area contributed by atoms with E-state index in [4.69, 9.17) is 11.6 Å². The maximum atomic E-state index is 13.9. The van der Waals surface area contributed by atoms with E-state index in [2.05, 4.69) is 0 Å². The molecular weight excluding hydrogens is 454 g/mol. The van der Waals surface area contributed by atoms with Crippen molar-refractivity contribution in [1.82, 2.24) is 4.57 Å². The Bertz CT molecular complexity index is 1470. The molecule has 0 atom stereocenters. The number of halogens is 1. The number of hydrogen-bond acceptors (Lipinski definition) is 2. The molecular formula is C31H22ClNO2. The first-order chi connectivity index (χ1) is 17.1. The lowest BCUT2D eigenvalue weighted by Gasteiger charge is -2.12. The zero-order valence-corrected chi connectivity index (χ0v) is 19.7. The maximum Gasteiger partial charge on any atom is 0.195 e. The van der Waals surface area contributed by atoms with E-state index < -0.39 is 0 Å². The van der Waals surface area contributed by atoms with E-state index in [1.165, 1.54) is 0 Å². The van der Waals surface area contributed by atoms with Crippen LogP contribution in [0.5, 0.6) is 0 Å². The number of rotatable bonds is 7.